The Morgan fingerprint density at radius 1 is 1.15 bits per heavy atom. The standard InChI is InChI=1S/C18H10Br3N3O2/c19-13-2-1-3-14(9-13)24-18(25)12(10-23)6-11-7-15(20)17(16(21)8-11)26-5-4-22/h1-3,6-9H,5H2,(H,24,25)/b12-6-. The highest BCUT2D eigenvalue weighted by Gasteiger charge is 2.12. The van der Waals surface area contributed by atoms with Gasteiger partial charge in [0.25, 0.3) is 5.91 Å². The first-order chi connectivity index (χ1) is 12.4. The summed E-state index contributed by atoms with van der Waals surface area (Å²) in [5, 5.41) is 20.6. The van der Waals surface area contributed by atoms with Gasteiger partial charge in [0.2, 0.25) is 0 Å². The van der Waals surface area contributed by atoms with Gasteiger partial charge in [0.15, 0.2) is 6.61 Å². The molecule has 0 heterocycles. The van der Waals surface area contributed by atoms with Gasteiger partial charge >= 0.3 is 0 Å². The van der Waals surface area contributed by atoms with E-state index < -0.39 is 5.91 Å². The molecule has 0 atom stereocenters. The molecule has 2 aromatic rings. The third-order valence-corrected chi connectivity index (χ3v) is 4.73. The summed E-state index contributed by atoms with van der Waals surface area (Å²) < 4.78 is 7.33. The number of benzene rings is 2. The van der Waals surface area contributed by atoms with E-state index in [0.717, 1.165) is 4.47 Å². The highest BCUT2D eigenvalue weighted by molar-refractivity contribution is 9.11. The first-order valence-electron chi connectivity index (χ1n) is 7.12. The van der Waals surface area contributed by atoms with Crippen molar-refractivity contribution in [2.45, 2.75) is 0 Å². The molecule has 0 aliphatic rings. The number of hydrogen-bond donors (Lipinski definition) is 1. The van der Waals surface area contributed by atoms with Crippen LogP contribution in [-0.4, -0.2) is 12.5 Å². The summed E-state index contributed by atoms with van der Waals surface area (Å²) >= 11 is 10.0. The number of nitrogens with zero attached hydrogens (tertiary/aromatic N) is 2. The smallest absolute Gasteiger partial charge is 0.266 e. The Labute approximate surface area is 175 Å². The first-order valence-corrected chi connectivity index (χ1v) is 9.50. The van der Waals surface area contributed by atoms with Crippen molar-refractivity contribution in [2.75, 3.05) is 11.9 Å². The second kappa shape index (κ2) is 9.54. The van der Waals surface area contributed by atoms with Crippen LogP contribution in [0.2, 0.25) is 0 Å². The SMILES string of the molecule is N#CCOc1c(Br)cc(/C=C(/C#N)C(=O)Nc2cccc(Br)c2)cc1Br. The largest absolute Gasteiger partial charge is 0.476 e. The number of amides is 1. The van der Waals surface area contributed by atoms with E-state index in [1.54, 1.807) is 30.3 Å². The van der Waals surface area contributed by atoms with Gasteiger partial charge in [0.05, 0.1) is 8.95 Å². The van der Waals surface area contributed by atoms with Crippen molar-refractivity contribution < 1.29 is 9.53 Å². The molecule has 0 aromatic heterocycles. The van der Waals surface area contributed by atoms with Crippen LogP contribution < -0.4 is 10.1 Å². The summed E-state index contributed by atoms with van der Waals surface area (Å²) in [5.41, 5.74) is 1.15. The Balaban J connectivity index is 2.27. The maximum atomic E-state index is 12.3. The number of nitrogens with one attached hydrogen (secondary N) is 1. The van der Waals surface area contributed by atoms with Gasteiger partial charge in [-0.1, -0.05) is 22.0 Å². The molecule has 0 unspecified atom stereocenters. The number of rotatable bonds is 5. The van der Waals surface area contributed by atoms with E-state index in [2.05, 4.69) is 53.1 Å². The summed E-state index contributed by atoms with van der Waals surface area (Å²) in [6.07, 6.45) is 1.47. The fourth-order valence-corrected chi connectivity index (χ4v) is 3.84. The normalized spacial score (nSPS) is 10.6. The van der Waals surface area contributed by atoms with Gasteiger partial charge in [0, 0.05) is 10.2 Å². The molecular weight excluding hydrogens is 530 g/mol. The fourth-order valence-electron chi connectivity index (χ4n) is 1.99. The van der Waals surface area contributed by atoms with Gasteiger partial charge < -0.3 is 10.1 Å². The topological polar surface area (TPSA) is 85.9 Å². The molecule has 1 amide bonds. The van der Waals surface area contributed by atoms with Gasteiger partial charge in [0.1, 0.15) is 23.5 Å². The van der Waals surface area contributed by atoms with Crippen LogP contribution in [0.4, 0.5) is 5.69 Å². The van der Waals surface area contributed by atoms with Crippen LogP contribution in [-0.2, 0) is 4.79 Å². The zero-order chi connectivity index (χ0) is 19.1. The van der Waals surface area contributed by atoms with Gasteiger partial charge in [-0.2, -0.15) is 10.5 Å². The van der Waals surface area contributed by atoms with E-state index in [4.69, 9.17) is 10.00 Å². The third-order valence-electron chi connectivity index (χ3n) is 3.06. The van der Waals surface area contributed by atoms with Crippen LogP contribution in [0.3, 0.4) is 0 Å². The number of ether oxygens (including phenoxy) is 1. The maximum absolute atomic E-state index is 12.3. The summed E-state index contributed by atoms with van der Waals surface area (Å²) in [5.74, 6) is -0.0385. The van der Waals surface area contributed by atoms with Gasteiger partial charge in [-0.05, 0) is 73.8 Å². The second-order valence-electron chi connectivity index (χ2n) is 4.89. The minimum absolute atomic E-state index is 0.0468. The molecule has 0 aliphatic carbocycles. The lowest BCUT2D eigenvalue weighted by Crippen LogP contribution is -2.13. The molecule has 0 fully saturated rings. The van der Waals surface area contributed by atoms with Crippen LogP contribution in [0, 0.1) is 22.7 Å². The van der Waals surface area contributed by atoms with E-state index in [0.29, 0.717) is 25.9 Å². The Bertz CT molecular complexity index is 936. The highest BCUT2D eigenvalue weighted by atomic mass is 79.9. The second-order valence-corrected chi connectivity index (χ2v) is 7.52. The molecule has 0 aliphatic heterocycles. The summed E-state index contributed by atoms with van der Waals surface area (Å²) in [6.45, 7) is -0.0924. The van der Waals surface area contributed by atoms with E-state index in [-0.39, 0.29) is 12.2 Å². The molecule has 0 radical (unpaired) electrons. The van der Waals surface area contributed by atoms with Crippen molar-refractivity contribution in [3.05, 3.63) is 61.0 Å². The van der Waals surface area contributed by atoms with Crippen molar-refractivity contribution in [1.82, 2.24) is 0 Å². The summed E-state index contributed by atoms with van der Waals surface area (Å²) in [4.78, 5) is 12.3. The average Bonchev–Trinajstić information content (AvgIpc) is 2.59. The zero-order valence-corrected chi connectivity index (χ0v) is 17.9. The van der Waals surface area contributed by atoms with Crippen molar-refractivity contribution in [3.63, 3.8) is 0 Å². The molecule has 130 valence electrons. The molecule has 2 aromatic carbocycles. The van der Waals surface area contributed by atoms with Gasteiger partial charge in [-0.3, -0.25) is 4.79 Å². The van der Waals surface area contributed by atoms with E-state index in [9.17, 15) is 10.1 Å². The molecular formula is C18H10Br3N3O2. The minimum atomic E-state index is -0.511. The minimum Gasteiger partial charge on any atom is -0.476 e. The monoisotopic (exact) mass is 537 g/mol. The quantitative estimate of drug-likeness (QED) is 0.406. The van der Waals surface area contributed by atoms with Gasteiger partial charge in [-0.25, -0.2) is 0 Å². The number of nitriles is 2. The molecule has 5 nitrogen and oxygen atoms in total. The lowest BCUT2D eigenvalue weighted by molar-refractivity contribution is -0.112. The lowest BCUT2D eigenvalue weighted by atomic mass is 10.1. The van der Waals surface area contributed by atoms with Crippen LogP contribution in [0.5, 0.6) is 5.75 Å². The van der Waals surface area contributed by atoms with Crippen LogP contribution >= 0.6 is 47.8 Å². The van der Waals surface area contributed by atoms with Crippen molar-refractivity contribution in [2.24, 2.45) is 0 Å². The molecule has 2 rings (SSSR count). The molecule has 0 bridgehead atoms. The van der Waals surface area contributed by atoms with E-state index >= 15 is 0 Å². The molecule has 0 saturated heterocycles. The molecule has 8 heteroatoms. The summed E-state index contributed by atoms with van der Waals surface area (Å²) in [7, 11) is 0. The highest BCUT2D eigenvalue weighted by Crippen LogP contribution is 2.35. The number of carbonyl (C=O) groups excluding carboxylic acids is 1. The third kappa shape index (κ3) is 5.43. The maximum Gasteiger partial charge on any atom is 0.266 e. The van der Waals surface area contributed by atoms with E-state index in [1.807, 2.05) is 18.2 Å². The molecule has 0 spiro atoms. The van der Waals surface area contributed by atoms with Crippen molar-refractivity contribution in [3.8, 4) is 17.9 Å². The Morgan fingerprint density at radius 3 is 2.42 bits per heavy atom. The van der Waals surface area contributed by atoms with Gasteiger partial charge in [-0.15, -0.1) is 0 Å². The van der Waals surface area contributed by atoms with Crippen molar-refractivity contribution in [1.29, 1.82) is 10.5 Å². The first kappa shape index (κ1) is 20.2. The Kier molecular flexibility index (Phi) is 7.40. The zero-order valence-electron chi connectivity index (χ0n) is 13.1. The number of hydrogen-bond acceptors (Lipinski definition) is 4. The number of carbonyl (C=O) groups is 1. The molecule has 26 heavy (non-hydrogen) atoms. The lowest BCUT2D eigenvalue weighted by Gasteiger charge is -2.09. The Morgan fingerprint density at radius 2 is 1.85 bits per heavy atom. The summed E-state index contributed by atoms with van der Waals surface area (Å²) in [6, 6.07) is 14.3. The fraction of sp³-hybridized carbons (Fsp3) is 0.0556. The molecule has 1 N–H and O–H groups in total. The Hall–Kier alpha value is -2.13. The van der Waals surface area contributed by atoms with Crippen LogP contribution in [0.15, 0.2) is 55.4 Å². The predicted octanol–water partition coefficient (Wildman–Crippen LogP) is 5.42. The predicted molar refractivity (Wildman–Crippen MR) is 109 cm³/mol. The van der Waals surface area contributed by atoms with Crippen LogP contribution in [0.25, 0.3) is 6.08 Å². The average molecular weight is 540 g/mol. The molecule has 0 saturated carbocycles. The number of halogens is 3. The van der Waals surface area contributed by atoms with E-state index in [1.165, 1.54) is 6.08 Å². The van der Waals surface area contributed by atoms with Crippen LogP contribution in [0.1, 0.15) is 5.56 Å². The number of anilines is 1. The van der Waals surface area contributed by atoms with Crippen molar-refractivity contribution >= 4 is 65.5 Å².